The molecular formula is C9H10N4O3S. The Morgan fingerprint density at radius 1 is 1.41 bits per heavy atom. The van der Waals surface area contributed by atoms with Crippen LogP contribution in [-0.2, 0) is 10.2 Å². The van der Waals surface area contributed by atoms with Crippen molar-refractivity contribution in [1.82, 2.24) is 10.2 Å². The van der Waals surface area contributed by atoms with Crippen molar-refractivity contribution in [3.05, 3.63) is 30.2 Å². The van der Waals surface area contributed by atoms with Gasteiger partial charge in [0, 0.05) is 5.56 Å². The Labute approximate surface area is 97.8 Å². The molecule has 3 N–H and O–H groups in total. The van der Waals surface area contributed by atoms with Crippen molar-refractivity contribution >= 4 is 15.9 Å². The molecule has 17 heavy (non-hydrogen) atoms. The molecule has 90 valence electrons. The van der Waals surface area contributed by atoms with Crippen molar-refractivity contribution in [2.45, 2.75) is 6.92 Å². The zero-order valence-electron chi connectivity index (χ0n) is 8.91. The van der Waals surface area contributed by atoms with Gasteiger partial charge >= 0.3 is 0 Å². The highest BCUT2D eigenvalue weighted by Gasteiger charge is 2.09. The minimum Gasteiger partial charge on any atom is -0.423 e. The smallest absolute Gasteiger partial charge is 0.296 e. The number of aryl methyl sites for hydroxylation is 1. The summed E-state index contributed by atoms with van der Waals surface area (Å²) in [6.45, 7) is 1.76. The summed E-state index contributed by atoms with van der Waals surface area (Å²) in [7, 11) is -3.80. The summed E-state index contributed by atoms with van der Waals surface area (Å²) in [4.78, 5) is 0. The van der Waals surface area contributed by atoms with Gasteiger partial charge < -0.3 is 4.42 Å². The van der Waals surface area contributed by atoms with Crippen LogP contribution >= 0.6 is 0 Å². The summed E-state index contributed by atoms with van der Waals surface area (Å²) in [5, 5.41) is 12.2. The second-order valence-electron chi connectivity index (χ2n) is 3.42. The largest absolute Gasteiger partial charge is 0.423 e. The molecule has 7 nitrogen and oxygen atoms in total. The highest BCUT2D eigenvalue weighted by Crippen LogP contribution is 2.24. The summed E-state index contributed by atoms with van der Waals surface area (Å²) >= 11 is 0. The summed E-state index contributed by atoms with van der Waals surface area (Å²) in [6.07, 6.45) is 1.20. The lowest BCUT2D eigenvalue weighted by atomic mass is 10.1. The normalized spacial score (nSPS) is 11.4. The maximum Gasteiger partial charge on any atom is 0.296 e. The van der Waals surface area contributed by atoms with Gasteiger partial charge in [-0.05, 0) is 24.6 Å². The summed E-state index contributed by atoms with van der Waals surface area (Å²) in [5.41, 5.74) is 1.73. The standard InChI is InChI=1S/C9H10N4O3S/c1-6-2-3-7(9-12-11-5-16-9)4-8(6)13-17(10,14)15/h2-5,13H,1H3,(H2,10,14,15). The van der Waals surface area contributed by atoms with E-state index in [-0.39, 0.29) is 0 Å². The van der Waals surface area contributed by atoms with Crippen LogP contribution in [0.5, 0.6) is 0 Å². The van der Waals surface area contributed by atoms with Crippen molar-refractivity contribution in [1.29, 1.82) is 0 Å². The predicted octanol–water partition coefficient (Wildman–Crippen LogP) is 0.660. The number of aromatic nitrogens is 2. The second kappa shape index (κ2) is 4.15. The number of hydrogen-bond acceptors (Lipinski definition) is 5. The van der Waals surface area contributed by atoms with Gasteiger partial charge in [0.05, 0.1) is 5.69 Å². The van der Waals surface area contributed by atoms with Gasteiger partial charge in [-0.15, -0.1) is 10.2 Å². The fourth-order valence-electron chi connectivity index (χ4n) is 1.32. The van der Waals surface area contributed by atoms with Gasteiger partial charge in [-0.25, -0.2) is 5.14 Å². The molecular weight excluding hydrogens is 244 g/mol. The van der Waals surface area contributed by atoms with Crippen molar-refractivity contribution in [3.63, 3.8) is 0 Å². The van der Waals surface area contributed by atoms with Crippen LogP contribution < -0.4 is 9.86 Å². The fourth-order valence-corrected chi connectivity index (χ4v) is 1.84. The van der Waals surface area contributed by atoms with E-state index in [1.807, 2.05) is 0 Å². The third-order valence-corrected chi connectivity index (χ3v) is 2.60. The molecule has 0 saturated heterocycles. The maximum atomic E-state index is 11.0. The number of benzene rings is 1. The van der Waals surface area contributed by atoms with Gasteiger partial charge in [0.15, 0.2) is 0 Å². The van der Waals surface area contributed by atoms with E-state index in [1.54, 1.807) is 25.1 Å². The third-order valence-electron chi connectivity index (χ3n) is 2.10. The zero-order chi connectivity index (χ0) is 12.5. The van der Waals surface area contributed by atoms with Gasteiger partial charge in [-0.2, -0.15) is 8.42 Å². The number of nitrogens with one attached hydrogen (secondary N) is 1. The molecule has 0 unspecified atom stereocenters. The molecule has 0 saturated carbocycles. The van der Waals surface area contributed by atoms with E-state index >= 15 is 0 Å². The van der Waals surface area contributed by atoms with Crippen LogP contribution in [0.25, 0.3) is 11.5 Å². The number of nitrogens with two attached hydrogens (primary N) is 1. The molecule has 0 aliphatic carbocycles. The van der Waals surface area contributed by atoms with Crippen LogP contribution in [0.3, 0.4) is 0 Å². The highest BCUT2D eigenvalue weighted by atomic mass is 32.2. The Morgan fingerprint density at radius 3 is 2.76 bits per heavy atom. The SMILES string of the molecule is Cc1ccc(-c2nnco2)cc1NS(N)(=O)=O. The first kappa shape index (κ1) is 11.6. The van der Waals surface area contributed by atoms with Gasteiger partial charge in [-0.1, -0.05) is 6.07 Å². The Morgan fingerprint density at radius 2 is 2.18 bits per heavy atom. The zero-order valence-corrected chi connectivity index (χ0v) is 9.73. The molecule has 1 heterocycles. The molecule has 0 atom stereocenters. The molecule has 0 spiro atoms. The molecule has 0 radical (unpaired) electrons. The van der Waals surface area contributed by atoms with Crippen molar-refractivity contribution < 1.29 is 12.8 Å². The molecule has 1 aromatic carbocycles. The van der Waals surface area contributed by atoms with E-state index in [1.165, 1.54) is 6.39 Å². The number of nitrogens with zero attached hydrogens (tertiary/aromatic N) is 2. The topological polar surface area (TPSA) is 111 Å². The van der Waals surface area contributed by atoms with Crippen LogP contribution in [0, 0.1) is 6.92 Å². The Balaban J connectivity index is 2.43. The minimum absolute atomic E-state index is 0.308. The number of anilines is 1. The lowest BCUT2D eigenvalue weighted by Gasteiger charge is -2.08. The molecule has 8 heteroatoms. The Bertz CT molecular complexity index is 622. The van der Waals surface area contributed by atoms with Crippen LogP contribution in [0.1, 0.15) is 5.56 Å². The van der Waals surface area contributed by atoms with Crippen molar-refractivity contribution in [2.24, 2.45) is 5.14 Å². The van der Waals surface area contributed by atoms with Crippen LogP contribution in [0.4, 0.5) is 5.69 Å². The van der Waals surface area contributed by atoms with Crippen LogP contribution in [0.2, 0.25) is 0 Å². The molecule has 1 aromatic heterocycles. The first-order chi connectivity index (χ1) is 7.96. The average Bonchev–Trinajstić information content (AvgIpc) is 2.72. The molecule has 0 amide bonds. The average molecular weight is 254 g/mol. The van der Waals surface area contributed by atoms with Crippen LogP contribution in [0.15, 0.2) is 29.0 Å². The van der Waals surface area contributed by atoms with Crippen LogP contribution in [-0.4, -0.2) is 18.6 Å². The predicted molar refractivity (Wildman–Crippen MR) is 61.2 cm³/mol. The fraction of sp³-hybridized carbons (Fsp3) is 0.111. The van der Waals surface area contributed by atoms with Gasteiger partial charge in [0.1, 0.15) is 0 Å². The first-order valence-electron chi connectivity index (χ1n) is 4.63. The molecule has 0 aliphatic heterocycles. The first-order valence-corrected chi connectivity index (χ1v) is 6.18. The molecule has 0 bridgehead atoms. The van der Waals surface area contributed by atoms with Crippen molar-refractivity contribution in [3.8, 4) is 11.5 Å². The Hall–Kier alpha value is -1.93. The lowest BCUT2D eigenvalue weighted by molar-refractivity contribution is 0.568. The van der Waals surface area contributed by atoms with Crippen molar-refractivity contribution in [2.75, 3.05) is 4.72 Å². The summed E-state index contributed by atoms with van der Waals surface area (Å²) in [5.74, 6) is 0.308. The second-order valence-corrected chi connectivity index (χ2v) is 4.71. The molecule has 2 rings (SSSR count). The maximum absolute atomic E-state index is 11.0. The molecule has 0 fully saturated rings. The monoisotopic (exact) mass is 254 g/mol. The lowest BCUT2D eigenvalue weighted by Crippen LogP contribution is -2.22. The number of hydrogen-bond donors (Lipinski definition) is 2. The van der Waals surface area contributed by atoms with Gasteiger partial charge in [0.25, 0.3) is 10.2 Å². The van der Waals surface area contributed by atoms with E-state index in [4.69, 9.17) is 9.56 Å². The van der Waals surface area contributed by atoms with Gasteiger partial charge in [-0.3, -0.25) is 4.72 Å². The van der Waals surface area contributed by atoms with E-state index < -0.39 is 10.2 Å². The van der Waals surface area contributed by atoms with E-state index in [2.05, 4.69) is 14.9 Å². The summed E-state index contributed by atoms with van der Waals surface area (Å²) < 4.78 is 29.2. The Kier molecular flexibility index (Phi) is 2.82. The van der Waals surface area contributed by atoms with E-state index in [0.717, 1.165) is 5.56 Å². The van der Waals surface area contributed by atoms with E-state index in [9.17, 15) is 8.42 Å². The summed E-state index contributed by atoms with van der Waals surface area (Å²) in [6, 6.07) is 5.05. The van der Waals surface area contributed by atoms with Gasteiger partial charge in [0.2, 0.25) is 12.3 Å². The quantitative estimate of drug-likeness (QED) is 0.835. The number of rotatable bonds is 3. The minimum atomic E-state index is -3.80. The third kappa shape index (κ3) is 2.80. The molecule has 0 aliphatic rings. The van der Waals surface area contributed by atoms with E-state index in [0.29, 0.717) is 17.1 Å². The molecule has 2 aromatic rings. The highest BCUT2D eigenvalue weighted by molar-refractivity contribution is 7.90.